The summed E-state index contributed by atoms with van der Waals surface area (Å²) in [5.41, 5.74) is 3.65. The van der Waals surface area contributed by atoms with Crippen LogP contribution in [0.25, 0.3) is 5.69 Å². The molecular formula is C37H43N7O6S. The Bertz CT molecular complexity index is 2070. The third kappa shape index (κ3) is 7.43. The van der Waals surface area contributed by atoms with Gasteiger partial charge in [-0.1, -0.05) is 19.1 Å². The first-order valence-electron chi connectivity index (χ1n) is 17.2. The zero-order valence-corrected chi connectivity index (χ0v) is 29.9. The number of rotatable bonds is 12. The lowest BCUT2D eigenvalue weighted by Crippen LogP contribution is -2.46. The van der Waals surface area contributed by atoms with Gasteiger partial charge in [-0.25, -0.2) is 22.5 Å². The zero-order valence-electron chi connectivity index (χ0n) is 29.0. The molecular weight excluding hydrogens is 671 g/mol. The molecule has 0 saturated carbocycles. The van der Waals surface area contributed by atoms with Gasteiger partial charge in [0.05, 0.1) is 29.8 Å². The standard InChI is InChI=1S/C37H43N7O6S/c1-4-28(2)44-36(45)43(27-39-44)32-10-8-30(9-11-32)40-20-22-41(23-21-40)31-12-14-33(15-13-31)48-24-34-25-49-37(50-34,26-42-19-5-18-38-42)29-6-16-35(17-7-29)51(3,46)47/h5-19,27-28,34H,4,20-26H2,1-3H3/t28?,34-,37-/m1/s1. The average molecular weight is 714 g/mol. The highest BCUT2D eigenvalue weighted by Crippen LogP contribution is 2.37. The molecule has 268 valence electrons. The summed E-state index contributed by atoms with van der Waals surface area (Å²) in [6.45, 7) is 8.43. The molecule has 3 aromatic carbocycles. The van der Waals surface area contributed by atoms with Crippen molar-refractivity contribution in [3.63, 3.8) is 0 Å². The maximum Gasteiger partial charge on any atom is 0.350 e. The van der Waals surface area contributed by atoms with E-state index in [-0.39, 0.29) is 29.3 Å². The van der Waals surface area contributed by atoms with E-state index in [1.165, 1.54) is 10.9 Å². The monoisotopic (exact) mass is 713 g/mol. The smallest absolute Gasteiger partial charge is 0.350 e. The number of hydrogen-bond acceptors (Lipinski definition) is 10. The molecule has 1 unspecified atom stereocenters. The van der Waals surface area contributed by atoms with Gasteiger partial charge in [0, 0.05) is 61.8 Å². The van der Waals surface area contributed by atoms with Gasteiger partial charge >= 0.3 is 5.69 Å². The van der Waals surface area contributed by atoms with Crippen LogP contribution < -0.4 is 20.2 Å². The molecule has 2 fully saturated rings. The number of nitrogens with zero attached hydrogens (tertiary/aromatic N) is 7. The lowest BCUT2D eigenvalue weighted by molar-refractivity contribution is -0.190. The first-order valence-corrected chi connectivity index (χ1v) is 19.1. The number of benzene rings is 3. The van der Waals surface area contributed by atoms with E-state index in [4.69, 9.17) is 14.2 Å². The number of hydrogen-bond donors (Lipinski definition) is 0. The summed E-state index contributed by atoms with van der Waals surface area (Å²) < 4.78 is 47.8. The summed E-state index contributed by atoms with van der Waals surface area (Å²) in [7, 11) is -3.34. The quantitative estimate of drug-likeness (QED) is 0.185. The molecule has 2 aliphatic heterocycles. The van der Waals surface area contributed by atoms with Crippen molar-refractivity contribution < 1.29 is 22.6 Å². The first-order chi connectivity index (χ1) is 24.6. The number of piperazine rings is 1. The van der Waals surface area contributed by atoms with E-state index in [9.17, 15) is 13.2 Å². The molecule has 2 aliphatic rings. The van der Waals surface area contributed by atoms with Crippen LogP contribution in [0.15, 0.2) is 107 Å². The van der Waals surface area contributed by atoms with Crippen LogP contribution in [0.5, 0.6) is 5.75 Å². The fraction of sp³-hybridized carbons (Fsp3) is 0.378. The molecule has 0 N–H and O–H groups in total. The highest BCUT2D eigenvalue weighted by Gasteiger charge is 2.44. The maximum atomic E-state index is 12.8. The van der Waals surface area contributed by atoms with Crippen molar-refractivity contribution in [2.45, 2.75) is 49.6 Å². The van der Waals surface area contributed by atoms with Crippen molar-refractivity contribution in [3.8, 4) is 11.4 Å². The van der Waals surface area contributed by atoms with E-state index < -0.39 is 15.6 Å². The number of aromatic nitrogens is 5. The Kier molecular flexibility index (Phi) is 9.73. The van der Waals surface area contributed by atoms with E-state index in [0.29, 0.717) is 18.7 Å². The van der Waals surface area contributed by atoms with E-state index in [2.05, 4.69) is 44.3 Å². The van der Waals surface area contributed by atoms with Crippen LogP contribution >= 0.6 is 0 Å². The van der Waals surface area contributed by atoms with E-state index >= 15 is 0 Å². The van der Waals surface area contributed by atoms with Gasteiger partial charge in [0.1, 0.15) is 24.8 Å². The van der Waals surface area contributed by atoms with Crippen LogP contribution in [-0.4, -0.2) is 84.3 Å². The number of ether oxygens (including phenoxy) is 3. The SMILES string of the molecule is CCC(C)n1ncn(-c2ccc(N3CCN(c4ccc(OC[C@@H]5CO[C@@](Cn6cccn6)(c6ccc(S(C)(=O)=O)cc6)O5)cc4)CC3)cc2)c1=O. The first kappa shape index (κ1) is 34.5. The molecule has 0 bridgehead atoms. The second kappa shape index (κ2) is 14.4. The maximum absolute atomic E-state index is 12.8. The van der Waals surface area contributed by atoms with E-state index in [1.54, 1.807) is 46.0 Å². The Labute approximate surface area is 297 Å². The van der Waals surface area contributed by atoms with Crippen LogP contribution in [0, 0.1) is 0 Å². The van der Waals surface area contributed by atoms with Crippen molar-refractivity contribution in [1.29, 1.82) is 0 Å². The molecule has 51 heavy (non-hydrogen) atoms. The number of sulfone groups is 1. The lowest BCUT2D eigenvalue weighted by atomic mass is 10.1. The van der Waals surface area contributed by atoms with Crippen LogP contribution in [0.1, 0.15) is 31.9 Å². The van der Waals surface area contributed by atoms with Gasteiger partial charge in [0.25, 0.3) is 0 Å². The molecule has 5 aromatic rings. The minimum atomic E-state index is -3.34. The van der Waals surface area contributed by atoms with Crippen molar-refractivity contribution in [2.24, 2.45) is 0 Å². The van der Waals surface area contributed by atoms with Gasteiger partial charge in [-0.15, -0.1) is 0 Å². The Balaban J connectivity index is 0.927. The molecule has 0 radical (unpaired) electrons. The summed E-state index contributed by atoms with van der Waals surface area (Å²) in [6.07, 6.45) is 6.80. The minimum absolute atomic E-state index is 0.0585. The molecule has 0 aliphatic carbocycles. The molecule has 0 spiro atoms. The average Bonchev–Trinajstić information content (AvgIpc) is 3.92. The van der Waals surface area contributed by atoms with Gasteiger partial charge < -0.3 is 24.0 Å². The second-order valence-corrected chi connectivity index (χ2v) is 15.1. The summed E-state index contributed by atoms with van der Waals surface area (Å²) in [5.74, 6) is -0.405. The topological polar surface area (TPSA) is 126 Å². The predicted octanol–water partition coefficient (Wildman–Crippen LogP) is 4.28. The summed E-state index contributed by atoms with van der Waals surface area (Å²) in [6, 6.07) is 24.7. The van der Waals surface area contributed by atoms with Crippen LogP contribution in [0.2, 0.25) is 0 Å². The lowest BCUT2D eigenvalue weighted by Gasteiger charge is -2.37. The summed E-state index contributed by atoms with van der Waals surface area (Å²) >= 11 is 0. The Morgan fingerprint density at radius 2 is 1.53 bits per heavy atom. The normalized spacial score (nSPS) is 20.1. The van der Waals surface area contributed by atoms with Gasteiger partial charge in [-0.05, 0) is 80.1 Å². The van der Waals surface area contributed by atoms with Gasteiger partial charge in [-0.2, -0.15) is 10.2 Å². The van der Waals surface area contributed by atoms with Gasteiger partial charge in [0.2, 0.25) is 5.79 Å². The van der Waals surface area contributed by atoms with E-state index in [1.807, 2.05) is 50.4 Å². The summed E-state index contributed by atoms with van der Waals surface area (Å²) in [4.78, 5) is 17.8. The molecule has 2 saturated heterocycles. The molecule has 0 amide bonds. The fourth-order valence-corrected chi connectivity index (χ4v) is 7.12. The Hall–Kier alpha value is -4.92. The van der Waals surface area contributed by atoms with Crippen LogP contribution in [0.4, 0.5) is 11.4 Å². The zero-order chi connectivity index (χ0) is 35.6. The molecule has 3 atom stereocenters. The number of anilines is 2. The highest BCUT2D eigenvalue weighted by atomic mass is 32.2. The third-order valence-corrected chi connectivity index (χ3v) is 10.8. The predicted molar refractivity (Wildman–Crippen MR) is 193 cm³/mol. The molecule has 14 heteroatoms. The minimum Gasteiger partial charge on any atom is -0.491 e. The van der Waals surface area contributed by atoms with Crippen molar-refractivity contribution in [2.75, 3.05) is 55.4 Å². The van der Waals surface area contributed by atoms with Crippen LogP contribution in [-0.2, 0) is 31.6 Å². The van der Waals surface area contributed by atoms with Gasteiger partial charge in [-0.3, -0.25) is 4.68 Å². The Morgan fingerprint density at radius 3 is 2.12 bits per heavy atom. The van der Waals surface area contributed by atoms with Crippen LogP contribution in [0.3, 0.4) is 0 Å². The highest BCUT2D eigenvalue weighted by molar-refractivity contribution is 7.90. The van der Waals surface area contributed by atoms with E-state index in [0.717, 1.165) is 55.4 Å². The van der Waals surface area contributed by atoms with Gasteiger partial charge in [0.15, 0.2) is 9.84 Å². The largest absolute Gasteiger partial charge is 0.491 e. The van der Waals surface area contributed by atoms with Crippen molar-refractivity contribution in [3.05, 3.63) is 114 Å². The molecule has 2 aromatic heterocycles. The van der Waals surface area contributed by atoms with Crippen molar-refractivity contribution in [1.82, 2.24) is 24.1 Å². The summed E-state index contributed by atoms with van der Waals surface area (Å²) in [5, 5.41) is 8.62. The molecule has 7 rings (SSSR count). The molecule has 13 nitrogen and oxygen atoms in total. The third-order valence-electron chi connectivity index (χ3n) is 9.62. The Morgan fingerprint density at radius 1 is 0.902 bits per heavy atom. The second-order valence-electron chi connectivity index (χ2n) is 13.1. The van der Waals surface area contributed by atoms with Crippen molar-refractivity contribution >= 4 is 21.2 Å². The molecule has 4 heterocycles. The fourth-order valence-electron chi connectivity index (χ4n) is 6.49.